The molecule has 0 saturated heterocycles. The zero-order chi connectivity index (χ0) is 31.9. The molecule has 0 aliphatic heterocycles. The van der Waals surface area contributed by atoms with Gasteiger partial charge in [-0.1, -0.05) is 86.6 Å². The number of hydrogen-bond acceptors (Lipinski definition) is 2. The second-order valence-corrected chi connectivity index (χ2v) is 14.8. The third-order valence-corrected chi connectivity index (χ3v) is 7.23. The molecule has 0 N–H and O–H groups in total. The molecule has 0 spiro atoms. The zero-order valence-electron chi connectivity index (χ0n) is 26.4. The Morgan fingerprint density at radius 3 is 1.27 bits per heavy atom. The Morgan fingerprint density at radius 1 is 0.591 bits per heavy atom. The Kier molecular flexibility index (Phi) is 15.5. The fourth-order valence-corrected chi connectivity index (χ4v) is 5.21. The molecule has 226 valence electrons. The van der Waals surface area contributed by atoms with E-state index in [1.165, 1.54) is 43.8 Å². The van der Waals surface area contributed by atoms with E-state index in [0.717, 1.165) is 45.0 Å². The molecular weight excluding hydrogens is 679 g/mol. The van der Waals surface area contributed by atoms with Crippen LogP contribution in [0.3, 0.4) is 0 Å². The maximum absolute atomic E-state index is 5.48. The molecule has 0 saturated carbocycles. The molecular formula is C38H40Cl2O2SiZr. The number of ether oxygens (including phenoxy) is 2. The predicted octanol–water partition coefficient (Wildman–Crippen LogP) is 11.8. The summed E-state index contributed by atoms with van der Waals surface area (Å²) in [4.78, 5) is 0. The van der Waals surface area contributed by atoms with Crippen LogP contribution >= 0.6 is 17.0 Å². The van der Waals surface area contributed by atoms with Crippen molar-refractivity contribution in [3.05, 3.63) is 120 Å². The average Bonchev–Trinajstić information content (AvgIpc) is 3.70. The molecule has 0 aromatic heterocycles. The van der Waals surface area contributed by atoms with Gasteiger partial charge in [0, 0.05) is 20.6 Å². The van der Waals surface area contributed by atoms with Gasteiger partial charge in [0.2, 0.25) is 0 Å². The number of aryl methyl sites for hydroxylation is 2. The van der Waals surface area contributed by atoms with Crippen LogP contribution in [0.4, 0.5) is 0 Å². The van der Waals surface area contributed by atoms with Crippen molar-refractivity contribution in [2.75, 3.05) is 14.2 Å². The van der Waals surface area contributed by atoms with Crippen molar-refractivity contribution in [2.45, 2.75) is 39.8 Å². The molecule has 0 unspecified atom stereocenters. The monoisotopic (exact) mass is 716 g/mol. The summed E-state index contributed by atoms with van der Waals surface area (Å²) in [5.41, 5.74) is 7.58. The van der Waals surface area contributed by atoms with Crippen LogP contribution < -0.4 is 9.47 Å². The van der Waals surface area contributed by atoms with Gasteiger partial charge in [0.1, 0.15) is 11.5 Å². The number of rotatable bonds is 6. The minimum absolute atomic E-state index is 0.826. The Hall–Kier alpha value is -2.62. The molecule has 2 radical (unpaired) electrons. The Bertz CT molecular complexity index is 1600. The summed E-state index contributed by atoms with van der Waals surface area (Å²) < 4.78 is 11.0. The first-order valence-electron chi connectivity index (χ1n) is 14.7. The van der Waals surface area contributed by atoms with Crippen LogP contribution in [0.5, 0.6) is 11.5 Å². The second kappa shape index (κ2) is 19.0. The van der Waals surface area contributed by atoms with Crippen molar-refractivity contribution in [3.63, 3.8) is 0 Å². The predicted molar refractivity (Wildman–Crippen MR) is 191 cm³/mol. The molecule has 0 fully saturated rings. The summed E-state index contributed by atoms with van der Waals surface area (Å²) in [6, 6.07) is 38.4. The summed E-state index contributed by atoms with van der Waals surface area (Å²) in [5.74, 6) is 1.85. The van der Waals surface area contributed by atoms with E-state index >= 15 is 0 Å². The standard InChI is InChI=1S/2C18H17O.C2H6Si.2ClH.Zr/c2*1-3-13-11-14-7-6-9-15(17(14)12-13)16-8-4-5-10-18(16)19-2;1-3-2;;;/h2*4-12H,3H2,1-2H3;1-2H3;2*1H;/q2*-1;;;;+4/p-2. The van der Waals surface area contributed by atoms with Crippen LogP contribution in [0, 0.1) is 0 Å². The third-order valence-electron chi connectivity index (χ3n) is 7.23. The number of methoxy groups -OCH3 is 2. The minimum atomic E-state index is -0.826. The van der Waals surface area contributed by atoms with E-state index in [-0.39, 0.29) is 0 Å². The summed E-state index contributed by atoms with van der Waals surface area (Å²) in [5, 5.41) is 5.23. The van der Waals surface area contributed by atoms with Crippen LogP contribution in [-0.2, 0) is 33.7 Å². The molecule has 0 heterocycles. The van der Waals surface area contributed by atoms with Gasteiger partial charge in [-0.05, 0) is 25.0 Å². The van der Waals surface area contributed by atoms with Crippen LogP contribution in [0.25, 0.3) is 43.8 Å². The zero-order valence-corrected chi connectivity index (χ0v) is 31.3. The van der Waals surface area contributed by atoms with Crippen LogP contribution in [0.1, 0.15) is 25.0 Å². The molecule has 0 bridgehead atoms. The van der Waals surface area contributed by atoms with Crippen LogP contribution in [0.2, 0.25) is 13.1 Å². The van der Waals surface area contributed by atoms with Gasteiger partial charge >= 0.3 is 37.9 Å². The Balaban J connectivity index is 0.000000204. The van der Waals surface area contributed by atoms with Crippen molar-refractivity contribution in [2.24, 2.45) is 0 Å². The molecule has 0 atom stereocenters. The van der Waals surface area contributed by atoms with Crippen LogP contribution in [0.15, 0.2) is 109 Å². The molecule has 6 heteroatoms. The summed E-state index contributed by atoms with van der Waals surface area (Å²) in [7, 11) is 14.4. The fourth-order valence-electron chi connectivity index (χ4n) is 5.21. The van der Waals surface area contributed by atoms with Gasteiger partial charge in [-0.25, -0.2) is 0 Å². The molecule has 0 aliphatic rings. The summed E-state index contributed by atoms with van der Waals surface area (Å²) in [6.45, 7) is 8.69. The van der Waals surface area contributed by atoms with Crippen molar-refractivity contribution < 1.29 is 30.3 Å². The van der Waals surface area contributed by atoms with Crippen molar-refractivity contribution in [1.82, 2.24) is 0 Å². The van der Waals surface area contributed by atoms with Gasteiger partial charge in [-0.3, -0.25) is 0 Å². The first-order chi connectivity index (χ1) is 21.5. The molecule has 6 aromatic rings. The van der Waals surface area contributed by atoms with E-state index in [9.17, 15) is 0 Å². The number of para-hydroxylation sites is 2. The fraction of sp³-hybridized carbons (Fsp3) is 0.211. The number of hydrogen-bond donors (Lipinski definition) is 0. The first kappa shape index (κ1) is 35.9. The average molecular weight is 719 g/mol. The van der Waals surface area contributed by atoms with Gasteiger partial charge in [-0.2, -0.15) is 12.1 Å². The van der Waals surface area contributed by atoms with Gasteiger partial charge < -0.3 is 9.47 Å². The number of fused-ring (bicyclic) bond motifs is 2. The van der Waals surface area contributed by atoms with E-state index in [1.807, 2.05) is 24.3 Å². The van der Waals surface area contributed by atoms with Crippen molar-refractivity contribution >= 4 is 48.1 Å². The maximum atomic E-state index is 5.48. The first-order valence-corrected chi connectivity index (χ1v) is 23.0. The van der Waals surface area contributed by atoms with Gasteiger partial charge in [0.25, 0.3) is 0 Å². The Labute approximate surface area is 284 Å². The van der Waals surface area contributed by atoms with E-state index in [1.54, 1.807) is 14.2 Å². The molecule has 44 heavy (non-hydrogen) atoms. The van der Waals surface area contributed by atoms with Crippen molar-refractivity contribution in [3.8, 4) is 33.8 Å². The molecule has 0 aliphatic carbocycles. The van der Waals surface area contributed by atoms with E-state index in [0.29, 0.717) is 0 Å². The molecule has 2 nitrogen and oxygen atoms in total. The van der Waals surface area contributed by atoms with Crippen LogP contribution in [-0.4, -0.2) is 23.7 Å². The van der Waals surface area contributed by atoms with Gasteiger partial charge in [-0.15, -0.1) is 69.1 Å². The van der Waals surface area contributed by atoms with Gasteiger partial charge in [0.15, 0.2) is 0 Å². The van der Waals surface area contributed by atoms with Crippen molar-refractivity contribution in [1.29, 1.82) is 0 Å². The topological polar surface area (TPSA) is 18.5 Å². The van der Waals surface area contributed by atoms with E-state index < -0.39 is 20.8 Å². The molecule has 6 aromatic carbocycles. The number of halogens is 2. The summed E-state index contributed by atoms with van der Waals surface area (Å²) >= 11 is -0.826. The summed E-state index contributed by atoms with van der Waals surface area (Å²) in [6.07, 6.45) is 2.14. The Morgan fingerprint density at radius 2 is 0.932 bits per heavy atom. The van der Waals surface area contributed by atoms with Gasteiger partial charge in [0.05, 0.1) is 14.2 Å². The normalized spacial score (nSPS) is 10.0. The SMILES string of the molecule is CCc1cc2c(-c3ccccc3OC)cccc2[cH-]1.CCc1cc2c(-c3ccccc3OC)cccc2[cH-]1.C[Si]C.[Cl][Zr+2][Cl]. The second-order valence-electron chi connectivity index (χ2n) is 10.0. The molecule has 0 amide bonds. The number of benzene rings is 4. The third kappa shape index (κ3) is 9.21. The quantitative estimate of drug-likeness (QED) is 0.126. The van der Waals surface area contributed by atoms with E-state index in [4.69, 9.17) is 26.5 Å². The molecule has 6 rings (SSSR count). The van der Waals surface area contributed by atoms with E-state index in [2.05, 4.69) is 112 Å².